The quantitative estimate of drug-likeness (QED) is 0.666. The molecule has 7 nitrogen and oxygen atoms in total. The number of sulfonamides is 1. The lowest BCUT2D eigenvalue weighted by Gasteiger charge is -2.05. The number of nitrogens with zero attached hydrogens (tertiary/aromatic N) is 2. The highest BCUT2D eigenvalue weighted by molar-refractivity contribution is 7.89. The minimum atomic E-state index is -3.96. The number of aryl methyl sites for hydroxylation is 1. The molecule has 0 amide bonds. The van der Waals surface area contributed by atoms with E-state index in [2.05, 4.69) is 9.71 Å². The number of nitro groups is 1. The first-order valence-electron chi connectivity index (χ1n) is 5.64. The van der Waals surface area contributed by atoms with Crippen molar-refractivity contribution in [2.45, 2.75) is 18.4 Å². The molecule has 1 heterocycles. The molecule has 0 aliphatic carbocycles. The minimum absolute atomic E-state index is 0.0283. The Morgan fingerprint density at radius 3 is 2.71 bits per heavy atom. The average Bonchev–Trinajstić information content (AvgIpc) is 2.82. The molecule has 0 unspecified atom stereocenters. The van der Waals surface area contributed by atoms with Crippen LogP contribution in [0.4, 0.5) is 10.1 Å². The molecule has 0 saturated carbocycles. The SMILES string of the molecule is Cc1cnc(CNS(=O)(=O)c2ccc([N+](=O)[O-])c(F)c2)s1. The number of hydrogen-bond donors (Lipinski definition) is 1. The number of rotatable bonds is 5. The van der Waals surface area contributed by atoms with Gasteiger partial charge in [0.05, 0.1) is 16.4 Å². The molecule has 0 fully saturated rings. The first-order chi connectivity index (χ1) is 9.79. The second-order valence-electron chi connectivity index (χ2n) is 4.06. The maximum atomic E-state index is 13.5. The second kappa shape index (κ2) is 5.84. The van der Waals surface area contributed by atoms with E-state index in [1.54, 1.807) is 6.20 Å². The lowest BCUT2D eigenvalue weighted by molar-refractivity contribution is -0.387. The Labute approximate surface area is 123 Å². The third-order valence-corrected chi connectivity index (χ3v) is 4.82. The van der Waals surface area contributed by atoms with Crippen molar-refractivity contribution in [3.05, 3.63) is 50.2 Å². The van der Waals surface area contributed by atoms with Gasteiger partial charge in [-0.3, -0.25) is 10.1 Å². The molecule has 0 aliphatic rings. The van der Waals surface area contributed by atoms with Crippen molar-refractivity contribution in [3.8, 4) is 0 Å². The first-order valence-corrected chi connectivity index (χ1v) is 7.94. The van der Waals surface area contributed by atoms with Crippen LogP contribution in [-0.4, -0.2) is 18.3 Å². The number of hydrogen-bond acceptors (Lipinski definition) is 6. The zero-order valence-corrected chi connectivity index (χ0v) is 12.4. The molecule has 0 saturated heterocycles. The van der Waals surface area contributed by atoms with Crippen LogP contribution in [0.25, 0.3) is 0 Å². The summed E-state index contributed by atoms with van der Waals surface area (Å²) in [4.78, 5) is 14.1. The van der Waals surface area contributed by atoms with Crippen molar-refractivity contribution in [2.75, 3.05) is 0 Å². The fourth-order valence-corrected chi connectivity index (χ4v) is 3.34. The third-order valence-electron chi connectivity index (χ3n) is 2.51. The molecule has 0 atom stereocenters. The average molecular weight is 331 g/mol. The summed E-state index contributed by atoms with van der Waals surface area (Å²) in [6, 6.07) is 2.42. The Balaban J connectivity index is 2.19. The van der Waals surface area contributed by atoms with Crippen LogP contribution in [0, 0.1) is 22.9 Å². The molecule has 112 valence electrons. The summed E-state index contributed by atoms with van der Waals surface area (Å²) in [6.45, 7) is 1.81. The summed E-state index contributed by atoms with van der Waals surface area (Å²) in [5, 5.41) is 11.1. The Morgan fingerprint density at radius 1 is 1.48 bits per heavy atom. The zero-order chi connectivity index (χ0) is 15.6. The Bertz CT molecular complexity index is 789. The molecule has 0 bridgehead atoms. The van der Waals surface area contributed by atoms with Crippen molar-refractivity contribution in [3.63, 3.8) is 0 Å². The molecule has 2 rings (SSSR count). The Hall–Kier alpha value is -1.91. The molecule has 0 aliphatic heterocycles. The molecule has 0 spiro atoms. The molecule has 21 heavy (non-hydrogen) atoms. The predicted octanol–water partition coefficient (Wildman–Crippen LogP) is 1.98. The third kappa shape index (κ3) is 3.60. The number of benzene rings is 1. The topological polar surface area (TPSA) is 102 Å². The van der Waals surface area contributed by atoms with Gasteiger partial charge in [0, 0.05) is 23.2 Å². The van der Waals surface area contributed by atoms with Crippen LogP contribution < -0.4 is 4.72 Å². The van der Waals surface area contributed by atoms with E-state index in [4.69, 9.17) is 0 Å². The normalized spacial score (nSPS) is 11.5. The Morgan fingerprint density at radius 2 is 2.19 bits per heavy atom. The monoisotopic (exact) mass is 331 g/mol. The second-order valence-corrected chi connectivity index (χ2v) is 7.15. The standard InChI is InChI=1S/C11H10FN3O4S2/c1-7-5-13-11(20-7)6-14-21(18,19)8-2-3-10(15(16)17)9(12)4-8/h2-5,14H,6H2,1H3. The van der Waals surface area contributed by atoms with Crippen molar-refractivity contribution in [1.29, 1.82) is 0 Å². The smallest absolute Gasteiger partial charge is 0.258 e. The number of aromatic nitrogens is 1. The van der Waals surface area contributed by atoms with E-state index in [0.29, 0.717) is 11.1 Å². The van der Waals surface area contributed by atoms with Gasteiger partial charge in [0.15, 0.2) is 0 Å². The Kier molecular flexibility index (Phi) is 4.30. The van der Waals surface area contributed by atoms with E-state index >= 15 is 0 Å². The summed E-state index contributed by atoms with van der Waals surface area (Å²) in [5.74, 6) is -1.20. The van der Waals surface area contributed by atoms with E-state index in [0.717, 1.165) is 17.0 Å². The van der Waals surface area contributed by atoms with Gasteiger partial charge in [-0.2, -0.15) is 4.39 Å². The van der Waals surface area contributed by atoms with Crippen LogP contribution >= 0.6 is 11.3 Å². The van der Waals surface area contributed by atoms with Crippen molar-refractivity contribution < 1.29 is 17.7 Å². The number of halogens is 1. The number of thiazole rings is 1. The van der Waals surface area contributed by atoms with Crippen molar-refractivity contribution >= 4 is 27.0 Å². The van der Waals surface area contributed by atoms with E-state index in [9.17, 15) is 22.9 Å². The van der Waals surface area contributed by atoms with Crippen molar-refractivity contribution in [2.24, 2.45) is 0 Å². The summed E-state index contributed by atoms with van der Waals surface area (Å²) in [6.07, 6.45) is 1.61. The van der Waals surface area contributed by atoms with Crippen LogP contribution in [0.15, 0.2) is 29.3 Å². The van der Waals surface area contributed by atoms with Gasteiger partial charge in [-0.15, -0.1) is 11.3 Å². The highest BCUT2D eigenvalue weighted by Crippen LogP contribution is 2.21. The van der Waals surface area contributed by atoms with Crippen LogP contribution in [-0.2, 0) is 16.6 Å². The summed E-state index contributed by atoms with van der Waals surface area (Å²) in [5.41, 5.74) is -0.774. The highest BCUT2D eigenvalue weighted by atomic mass is 32.2. The van der Waals surface area contributed by atoms with Crippen molar-refractivity contribution in [1.82, 2.24) is 9.71 Å². The van der Waals surface area contributed by atoms with Gasteiger partial charge < -0.3 is 0 Å². The fraction of sp³-hybridized carbons (Fsp3) is 0.182. The van der Waals surface area contributed by atoms with Gasteiger partial charge in [0.1, 0.15) is 5.01 Å². The lowest BCUT2D eigenvalue weighted by atomic mass is 10.3. The van der Waals surface area contributed by atoms with Crippen LogP contribution in [0.2, 0.25) is 0 Å². The minimum Gasteiger partial charge on any atom is -0.258 e. The number of nitrogens with one attached hydrogen (secondary N) is 1. The molecule has 1 aromatic heterocycles. The van der Waals surface area contributed by atoms with Crippen LogP contribution in [0.3, 0.4) is 0 Å². The summed E-state index contributed by atoms with van der Waals surface area (Å²) >= 11 is 1.33. The lowest BCUT2D eigenvalue weighted by Crippen LogP contribution is -2.23. The van der Waals surface area contributed by atoms with Gasteiger partial charge in [-0.1, -0.05) is 0 Å². The molecule has 0 radical (unpaired) electrons. The van der Waals surface area contributed by atoms with Crippen LogP contribution in [0.1, 0.15) is 9.88 Å². The first kappa shape index (κ1) is 15.5. The maximum absolute atomic E-state index is 13.5. The molecular formula is C11H10FN3O4S2. The van der Waals surface area contributed by atoms with Crippen LogP contribution in [0.5, 0.6) is 0 Å². The van der Waals surface area contributed by atoms with Gasteiger partial charge in [0.25, 0.3) is 0 Å². The molecule has 2 aromatic rings. The van der Waals surface area contributed by atoms with Gasteiger partial charge in [-0.25, -0.2) is 18.1 Å². The molecule has 1 N–H and O–H groups in total. The number of nitro benzene ring substituents is 1. The van der Waals surface area contributed by atoms with E-state index in [-0.39, 0.29) is 11.4 Å². The largest absolute Gasteiger partial charge is 0.304 e. The predicted molar refractivity (Wildman–Crippen MR) is 73.9 cm³/mol. The zero-order valence-electron chi connectivity index (χ0n) is 10.7. The summed E-state index contributed by atoms with van der Waals surface area (Å²) < 4.78 is 39.7. The van der Waals surface area contributed by atoms with Gasteiger partial charge in [0.2, 0.25) is 15.8 Å². The van der Waals surface area contributed by atoms with Gasteiger partial charge in [-0.05, 0) is 13.0 Å². The maximum Gasteiger partial charge on any atom is 0.304 e. The fourth-order valence-electron chi connectivity index (χ4n) is 1.53. The van der Waals surface area contributed by atoms with E-state index in [1.807, 2.05) is 6.92 Å². The summed E-state index contributed by atoms with van der Waals surface area (Å²) in [7, 11) is -3.96. The molecule has 1 aromatic carbocycles. The van der Waals surface area contributed by atoms with E-state index in [1.165, 1.54) is 11.3 Å². The highest BCUT2D eigenvalue weighted by Gasteiger charge is 2.20. The molecular weight excluding hydrogens is 321 g/mol. The van der Waals surface area contributed by atoms with E-state index < -0.39 is 26.5 Å². The molecule has 10 heteroatoms. The van der Waals surface area contributed by atoms with Gasteiger partial charge >= 0.3 is 5.69 Å².